The highest BCUT2D eigenvalue weighted by Crippen LogP contribution is 2.22. The Morgan fingerprint density at radius 3 is 2.10 bits per heavy atom. The molecule has 1 heterocycles. The van der Waals surface area contributed by atoms with Gasteiger partial charge in [0, 0.05) is 23.7 Å². The van der Waals surface area contributed by atoms with Crippen molar-refractivity contribution in [2.75, 3.05) is 19.6 Å². The molecule has 3 amide bonds. The van der Waals surface area contributed by atoms with Gasteiger partial charge in [-0.05, 0) is 73.7 Å². The Balaban J connectivity index is 1.43. The number of carbonyl (C=O) groups is 4. The summed E-state index contributed by atoms with van der Waals surface area (Å²) < 4.78 is 5.81. The van der Waals surface area contributed by atoms with E-state index in [4.69, 9.17) is 4.74 Å². The number of nitrogens with one attached hydrogen (secondary N) is 1. The fourth-order valence-corrected chi connectivity index (χ4v) is 5.17. The first-order valence-corrected chi connectivity index (χ1v) is 14.6. The van der Waals surface area contributed by atoms with Crippen LogP contribution >= 0.6 is 0 Å². The van der Waals surface area contributed by atoms with Gasteiger partial charge in [-0.2, -0.15) is 0 Å². The number of amides is 3. The number of benzene rings is 3. The minimum Gasteiger partial charge on any atom is -0.457 e. The van der Waals surface area contributed by atoms with E-state index < -0.39 is 6.04 Å². The molecule has 0 radical (unpaired) electrons. The largest absolute Gasteiger partial charge is 0.457 e. The van der Waals surface area contributed by atoms with Gasteiger partial charge in [-0.25, -0.2) is 0 Å². The van der Waals surface area contributed by atoms with Crippen LogP contribution in [0.3, 0.4) is 0 Å². The number of nitrogens with zero attached hydrogens (tertiary/aromatic N) is 2. The number of ether oxygens (including phenoxy) is 1. The molecule has 0 bridgehead atoms. The van der Waals surface area contributed by atoms with Gasteiger partial charge < -0.3 is 19.9 Å². The molecular weight excluding hydrogens is 530 g/mol. The quantitative estimate of drug-likeness (QED) is 0.375. The lowest BCUT2D eigenvalue weighted by Crippen LogP contribution is -2.55. The molecule has 1 saturated heterocycles. The standard InChI is InChI=1S/C34H39N3O5/c1-4-27-19-20-36(22-28(38)23-37(27)33(40)26-11-7-5-8-12-26)34(41)31(21-24(2)3)35-32(39)25-15-17-30(18-16-25)42-29-13-9-6-10-14-29/h5-18,24,27,31H,4,19-23H2,1-3H3,(H,35,39)/t27-,31-/m0/s1. The van der Waals surface area contributed by atoms with Crippen LogP contribution in [0.15, 0.2) is 84.9 Å². The summed E-state index contributed by atoms with van der Waals surface area (Å²) in [7, 11) is 0. The van der Waals surface area contributed by atoms with Gasteiger partial charge in [0.25, 0.3) is 11.8 Å². The fourth-order valence-electron chi connectivity index (χ4n) is 5.17. The molecule has 4 rings (SSSR count). The van der Waals surface area contributed by atoms with Crippen LogP contribution in [-0.2, 0) is 9.59 Å². The van der Waals surface area contributed by atoms with Gasteiger partial charge in [0.2, 0.25) is 5.91 Å². The molecule has 3 aromatic rings. The van der Waals surface area contributed by atoms with E-state index in [2.05, 4.69) is 5.32 Å². The van der Waals surface area contributed by atoms with E-state index in [9.17, 15) is 19.2 Å². The molecule has 0 aromatic heterocycles. The van der Waals surface area contributed by atoms with E-state index in [1.807, 2.05) is 57.2 Å². The molecule has 1 aliphatic rings. The third-order valence-electron chi connectivity index (χ3n) is 7.36. The van der Waals surface area contributed by atoms with Crippen LogP contribution in [0.1, 0.15) is 60.7 Å². The van der Waals surface area contributed by atoms with E-state index in [0.717, 1.165) is 0 Å². The average molecular weight is 570 g/mol. The summed E-state index contributed by atoms with van der Waals surface area (Å²) in [5.41, 5.74) is 0.943. The molecule has 8 nitrogen and oxygen atoms in total. The molecule has 220 valence electrons. The SMILES string of the molecule is CC[C@H]1CCN(C(=O)[C@H](CC(C)C)NC(=O)c2ccc(Oc3ccccc3)cc2)CC(=O)CN1C(=O)c1ccccc1. The van der Waals surface area contributed by atoms with Crippen LogP contribution in [0.2, 0.25) is 0 Å². The lowest BCUT2D eigenvalue weighted by Gasteiger charge is -2.37. The summed E-state index contributed by atoms with van der Waals surface area (Å²) in [5, 5.41) is 2.91. The van der Waals surface area contributed by atoms with Crippen molar-refractivity contribution in [3.05, 3.63) is 96.1 Å². The summed E-state index contributed by atoms with van der Waals surface area (Å²) in [6, 6.07) is 24.1. The molecule has 1 N–H and O–H groups in total. The third kappa shape index (κ3) is 8.06. The number of carbonyl (C=O) groups excluding carboxylic acids is 4. The molecule has 0 saturated carbocycles. The zero-order valence-electron chi connectivity index (χ0n) is 24.5. The van der Waals surface area contributed by atoms with Crippen molar-refractivity contribution in [1.29, 1.82) is 0 Å². The highest BCUT2D eigenvalue weighted by atomic mass is 16.5. The van der Waals surface area contributed by atoms with Crippen molar-refractivity contribution in [2.45, 2.75) is 52.1 Å². The first-order chi connectivity index (χ1) is 20.2. The Kier molecular flexibility index (Phi) is 10.5. The molecule has 8 heteroatoms. The Morgan fingerprint density at radius 1 is 0.857 bits per heavy atom. The van der Waals surface area contributed by atoms with Crippen molar-refractivity contribution >= 4 is 23.5 Å². The van der Waals surface area contributed by atoms with Crippen LogP contribution < -0.4 is 10.1 Å². The van der Waals surface area contributed by atoms with Gasteiger partial charge in [-0.1, -0.05) is 57.2 Å². The molecule has 1 aliphatic heterocycles. The Morgan fingerprint density at radius 2 is 1.48 bits per heavy atom. The van der Waals surface area contributed by atoms with Gasteiger partial charge in [-0.3, -0.25) is 19.2 Å². The van der Waals surface area contributed by atoms with Crippen molar-refractivity contribution in [2.24, 2.45) is 5.92 Å². The van der Waals surface area contributed by atoms with Crippen LogP contribution in [0.25, 0.3) is 0 Å². The maximum Gasteiger partial charge on any atom is 0.254 e. The van der Waals surface area contributed by atoms with Gasteiger partial charge in [-0.15, -0.1) is 0 Å². The zero-order chi connectivity index (χ0) is 30.1. The van der Waals surface area contributed by atoms with E-state index in [1.54, 1.807) is 58.3 Å². The molecule has 0 unspecified atom stereocenters. The summed E-state index contributed by atoms with van der Waals surface area (Å²) in [6.07, 6.45) is 1.63. The highest BCUT2D eigenvalue weighted by Gasteiger charge is 2.33. The van der Waals surface area contributed by atoms with Crippen molar-refractivity contribution < 1.29 is 23.9 Å². The molecule has 1 fully saturated rings. The second-order valence-corrected chi connectivity index (χ2v) is 11.0. The predicted molar refractivity (Wildman–Crippen MR) is 161 cm³/mol. The highest BCUT2D eigenvalue weighted by molar-refractivity contribution is 6.00. The van der Waals surface area contributed by atoms with Crippen molar-refractivity contribution in [3.63, 3.8) is 0 Å². The summed E-state index contributed by atoms with van der Waals surface area (Å²) >= 11 is 0. The number of Topliss-reactive ketones (excluding diaryl/α,β-unsaturated/α-hetero) is 1. The number of hydrogen-bond donors (Lipinski definition) is 1. The fraction of sp³-hybridized carbons (Fsp3) is 0.353. The Bertz CT molecular complexity index is 1360. The van der Waals surface area contributed by atoms with E-state index in [0.29, 0.717) is 48.4 Å². The average Bonchev–Trinajstić information content (AvgIpc) is 2.99. The summed E-state index contributed by atoms with van der Waals surface area (Å²) in [5.74, 6) is 0.371. The minimum atomic E-state index is -0.785. The Labute approximate surface area is 247 Å². The van der Waals surface area contributed by atoms with E-state index in [-0.39, 0.29) is 48.6 Å². The zero-order valence-corrected chi connectivity index (χ0v) is 24.5. The van der Waals surface area contributed by atoms with E-state index >= 15 is 0 Å². The monoisotopic (exact) mass is 569 g/mol. The first kappa shape index (κ1) is 30.5. The van der Waals surface area contributed by atoms with Crippen molar-refractivity contribution in [1.82, 2.24) is 15.1 Å². The van der Waals surface area contributed by atoms with Crippen LogP contribution in [0.5, 0.6) is 11.5 Å². The second kappa shape index (κ2) is 14.4. The molecule has 0 spiro atoms. The Hall–Kier alpha value is -4.46. The van der Waals surface area contributed by atoms with Crippen LogP contribution in [0.4, 0.5) is 0 Å². The predicted octanol–water partition coefficient (Wildman–Crippen LogP) is 5.35. The third-order valence-corrected chi connectivity index (χ3v) is 7.36. The van der Waals surface area contributed by atoms with Gasteiger partial charge in [0.1, 0.15) is 17.5 Å². The molecular formula is C34H39N3O5. The van der Waals surface area contributed by atoms with Crippen LogP contribution in [-0.4, -0.2) is 65.0 Å². The number of rotatable bonds is 9. The normalized spacial score (nSPS) is 16.4. The lowest BCUT2D eigenvalue weighted by atomic mass is 10.00. The van der Waals surface area contributed by atoms with Gasteiger partial charge >= 0.3 is 0 Å². The molecule has 0 aliphatic carbocycles. The van der Waals surface area contributed by atoms with E-state index in [1.165, 1.54) is 0 Å². The van der Waals surface area contributed by atoms with Gasteiger partial charge in [0.15, 0.2) is 5.78 Å². The van der Waals surface area contributed by atoms with Crippen molar-refractivity contribution in [3.8, 4) is 11.5 Å². The summed E-state index contributed by atoms with van der Waals surface area (Å²) in [4.78, 5) is 56.5. The smallest absolute Gasteiger partial charge is 0.254 e. The minimum absolute atomic E-state index is 0.0609. The van der Waals surface area contributed by atoms with Crippen LogP contribution in [0, 0.1) is 5.92 Å². The topological polar surface area (TPSA) is 96.0 Å². The first-order valence-electron chi connectivity index (χ1n) is 14.6. The second-order valence-electron chi connectivity index (χ2n) is 11.0. The number of hydrogen-bond acceptors (Lipinski definition) is 5. The molecule has 42 heavy (non-hydrogen) atoms. The molecule has 2 atom stereocenters. The number of ketones is 1. The maximum atomic E-state index is 13.8. The molecule has 3 aromatic carbocycles. The maximum absolute atomic E-state index is 13.8. The summed E-state index contributed by atoms with van der Waals surface area (Å²) in [6.45, 7) is 6.10. The van der Waals surface area contributed by atoms with Gasteiger partial charge in [0.05, 0.1) is 13.1 Å². The lowest BCUT2D eigenvalue weighted by molar-refractivity contribution is -0.138. The number of para-hydroxylation sites is 1.